The second kappa shape index (κ2) is 7.25. The van der Waals surface area contributed by atoms with E-state index < -0.39 is 5.97 Å². The number of nitriles is 2. The van der Waals surface area contributed by atoms with Gasteiger partial charge in [0.1, 0.15) is 12.1 Å². The molecular weight excluding hydrogens is 364 g/mol. The van der Waals surface area contributed by atoms with Crippen LogP contribution in [0.2, 0.25) is 5.02 Å². The summed E-state index contributed by atoms with van der Waals surface area (Å²) < 4.78 is 6.18. The summed E-state index contributed by atoms with van der Waals surface area (Å²) in [6.45, 7) is 0. The Balaban J connectivity index is 2.19. The number of hydrogen-bond acceptors (Lipinski definition) is 5. The van der Waals surface area contributed by atoms with Gasteiger partial charge in [-0.2, -0.15) is 10.5 Å². The Bertz CT molecular complexity index is 1120. The molecule has 132 valence electrons. The molecule has 3 rings (SSSR count). The number of anilines is 1. The smallest absolute Gasteiger partial charge is 0.357 e. The molecule has 0 spiro atoms. The van der Waals surface area contributed by atoms with Crippen LogP contribution in [0.3, 0.4) is 0 Å². The molecule has 2 aromatic carbocycles. The molecule has 1 heterocycles. The maximum absolute atomic E-state index is 12.1. The highest BCUT2D eigenvalue weighted by molar-refractivity contribution is 6.30. The molecule has 27 heavy (non-hydrogen) atoms. The highest BCUT2D eigenvalue weighted by Gasteiger charge is 2.23. The van der Waals surface area contributed by atoms with Gasteiger partial charge in [-0.15, -0.1) is 0 Å². The Hall–Kier alpha value is -3.74. The quantitative estimate of drug-likeness (QED) is 0.697. The number of benzene rings is 2. The maximum atomic E-state index is 12.1. The molecule has 7 heteroatoms. The predicted octanol–water partition coefficient (Wildman–Crippen LogP) is 3.91. The van der Waals surface area contributed by atoms with Crippen molar-refractivity contribution in [3.8, 4) is 29.0 Å². The number of nitrogen functional groups attached to an aromatic ring is 1. The minimum Gasteiger partial charge on any atom is -0.464 e. The molecule has 0 aliphatic rings. The molecule has 0 atom stereocenters. The van der Waals surface area contributed by atoms with Gasteiger partial charge in [-0.05, 0) is 35.4 Å². The number of carbonyl (C=O) groups excluding carboxylic acids is 1. The van der Waals surface area contributed by atoms with E-state index in [9.17, 15) is 15.3 Å². The minimum atomic E-state index is -0.695. The summed E-state index contributed by atoms with van der Waals surface area (Å²) in [5, 5.41) is 19.5. The molecule has 2 N–H and O–H groups in total. The number of aromatic nitrogens is 1. The van der Waals surface area contributed by atoms with Gasteiger partial charge >= 0.3 is 5.97 Å². The summed E-state index contributed by atoms with van der Waals surface area (Å²) in [7, 11) is 1.22. The molecule has 0 saturated carbocycles. The average molecular weight is 377 g/mol. The molecule has 0 unspecified atom stereocenters. The van der Waals surface area contributed by atoms with Gasteiger partial charge in [-0.3, -0.25) is 0 Å². The van der Waals surface area contributed by atoms with Crippen molar-refractivity contribution in [1.82, 2.24) is 4.57 Å². The van der Waals surface area contributed by atoms with Crippen LogP contribution in [0.1, 0.15) is 21.6 Å². The highest BCUT2D eigenvalue weighted by Crippen LogP contribution is 2.29. The molecular formula is C20H13ClN4O2. The monoisotopic (exact) mass is 376 g/mol. The van der Waals surface area contributed by atoms with E-state index in [1.54, 1.807) is 24.3 Å². The Morgan fingerprint density at radius 3 is 2.30 bits per heavy atom. The lowest BCUT2D eigenvalue weighted by atomic mass is 10.0. The van der Waals surface area contributed by atoms with Gasteiger partial charge < -0.3 is 15.0 Å². The fraction of sp³-hybridized carbons (Fsp3) is 0.0500. The van der Waals surface area contributed by atoms with Gasteiger partial charge in [-0.25, -0.2) is 4.79 Å². The van der Waals surface area contributed by atoms with Crippen LogP contribution in [0.4, 0.5) is 5.69 Å². The SMILES string of the molecule is COC(=O)c1c(N)c(C#N)cn1-c1ccc(-c2ccc(Cl)cc2)cc1C#N. The van der Waals surface area contributed by atoms with E-state index >= 15 is 0 Å². The van der Waals surface area contributed by atoms with E-state index in [4.69, 9.17) is 22.1 Å². The molecule has 1 aromatic heterocycles. The number of hydrogen-bond donors (Lipinski definition) is 1. The third-order valence-electron chi connectivity index (χ3n) is 4.10. The molecule has 0 amide bonds. The first-order valence-electron chi connectivity index (χ1n) is 7.79. The number of carbonyl (C=O) groups is 1. The second-order valence-electron chi connectivity index (χ2n) is 5.63. The topological polar surface area (TPSA) is 105 Å². The lowest BCUT2D eigenvalue weighted by Gasteiger charge is -2.12. The van der Waals surface area contributed by atoms with Crippen molar-refractivity contribution in [3.05, 3.63) is 70.5 Å². The number of methoxy groups -OCH3 is 1. The first-order valence-corrected chi connectivity index (χ1v) is 8.17. The summed E-state index contributed by atoms with van der Waals surface area (Å²) in [6.07, 6.45) is 1.42. The highest BCUT2D eigenvalue weighted by atomic mass is 35.5. The van der Waals surface area contributed by atoms with Gasteiger partial charge in [0.05, 0.1) is 29.6 Å². The van der Waals surface area contributed by atoms with Crippen LogP contribution < -0.4 is 5.73 Å². The third kappa shape index (κ3) is 3.22. The van der Waals surface area contributed by atoms with E-state index in [0.717, 1.165) is 11.1 Å². The summed E-state index contributed by atoms with van der Waals surface area (Å²) >= 11 is 5.92. The molecule has 0 saturated heterocycles. The molecule has 0 bridgehead atoms. The zero-order valence-electron chi connectivity index (χ0n) is 14.2. The third-order valence-corrected chi connectivity index (χ3v) is 4.35. The van der Waals surface area contributed by atoms with Crippen molar-refractivity contribution in [2.75, 3.05) is 12.8 Å². The predicted molar refractivity (Wildman–Crippen MR) is 101 cm³/mol. The molecule has 3 aromatic rings. The van der Waals surface area contributed by atoms with Crippen molar-refractivity contribution in [1.29, 1.82) is 10.5 Å². The van der Waals surface area contributed by atoms with E-state index in [0.29, 0.717) is 16.3 Å². The van der Waals surface area contributed by atoms with Crippen molar-refractivity contribution in [2.45, 2.75) is 0 Å². The maximum Gasteiger partial charge on any atom is 0.357 e. The number of nitrogens with zero attached hydrogens (tertiary/aromatic N) is 3. The Kier molecular flexibility index (Phi) is 4.85. The summed E-state index contributed by atoms with van der Waals surface area (Å²) in [5.41, 5.74) is 8.49. The van der Waals surface area contributed by atoms with Crippen LogP contribution in [0.15, 0.2) is 48.7 Å². The van der Waals surface area contributed by atoms with Crippen molar-refractivity contribution in [2.24, 2.45) is 0 Å². The molecule has 6 nitrogen and oxygen atoms in total. The molecule has 0 fully saturated rings. The first-order chi connectivity index (χ1) is 13.0. The Morgan fingerprint density at radius 1 is 1.07 bits per heavy atom. The van der Waals surface area contributed by atoms with Crippen LogP contribution in [-0.2, 0) is 4.74 Å². The van der Waals surface area contributed by atoms with E-state index in [2.05, 4.69) is 6.07 Å². The van der Waals surface area contributed by atoms with Crippen molar-refractivity contribution < 1.29 is 9.53 Å². The van der Waals surface area contributed by atoms with E-state index in [1.807, 2.05) is 24.3 Å². The van der Waals surface area contributed by atoms with Crippen molar-refractivity contribution in [3.63, 3.8) is 0 Å². The largest absolute Gasteiger partial charge is 0.464 e. The van der Waals surface area contributed by atoms with Crippen LogP contribution in [0.5, 0.6) is 0 Å². The minimum absolute atomic E-state index is 0.00444. The first kappa shape index (κ1) is 18.1. The lowest BCUT2D eigenvalue weighted by Crippen LogP contribution is -2.12. The number of nitrogens with two attached hydrogens (primary N) is 1. The normalized spacial score (nSPS) is 10.1. The molecule has 0 radical (unpaired) electrons. The summed E-state index contributed by atoms with van der Waals surface area (Å²) in [5.74, 6) is -0.695. The van der Waals surface area contributed by atoms with Crippen LogP contribution in [0.25, 0.3) is 16.8 Å². The average Bonchev–Trinajstić information content (AvgIpc) is 3.03. The van der Waals surface area contributed by atoms with Gasteiger partial charge in [-0.1, -0.05) is 29.8 Å². The van der Waals surface area contributed by atoms with Gasteiger partial charge in [0.2, 0.25) is 0 Å². The second-order valence-corrected chi connectivity index (χ2v) is 6.07. The zero-order chi connectivity index (χ0) is 19.6. The standard InChI is InChI=1S/C20H13ClN4O2/c1-27-20(26)19-18(24)15(10-23)11-25(19)17-7-4-13(8-14(17)9-22)12-2-5-16(21)6-3-12/h2-8,11H,24H2,1H3. The van der Waals surface area contributed by atoms with Crippen molar-refractivity contribution >= 4 is 23.3 Å². The van der Waals surface area contributed by atoms with E-state index in [1.165, 1.54) is 17.9 Å². The summed E-state index contributed by atoms with van der Waals surface area (Å²) in [6, 6.07) is 16.5. The van der Waals surface area contributed by atoms with Gasteiger partial charge in [0.25, 0.3) is 0 Å². The fourth-order valence-electron chi connectivity index (χ4n) is 2.76. The zero-order valence-corrected chi connectivity index (χ0v) is 15.0. The van der Waals surface area contributed by atoms with Crippen LogP contribution in [0, 0.1) is 22.7 Å². The number of esters is 1. The number of rotatable bonds is 3. The lowest BCUT2D eigenvalue weighted by molar-refractivity contribution is 0.0593. The van der Waals surface area contributed by atoms with Gasteiger partial charge in [0.15, 0.2) is 5.69 Å². The number of ether oxygens (including phenoxy) is 1. The molecule has 0 aliphatic heterocycles. The van der Waals surface area contributed by atoms with Gasteiger partial charge in [0, 0.05) is 11.2 Å². The Morgan fingerprint density at radius 2 is 1.70 bits per heavy atom. The fourth-order valence-corrected chi connectivity index (χ4v) is 2.89. The molecule has 0 aliphatic carbocycles. The van der Waals surface area contributed by atoms with Crippen LogP contribution in [-0.4, -0.2) is 17.6 Å². The summed E-state index contributed by atoms with van der Waals surface area (Å²) in [4.78, 5) is 12.1. The number of halogens is 1. The van der Waals surface area contributed by atoms with E-state index in [-0.39, 0.29) is 16.9 Å². The Labute approximate surface area is 160 Å². The van der Waals surface area contributed by atoms with Crippen LogP contribution >= 0.6 is 11.6 Å².